The van der Waals surface area contributed by atoms with Gasteiger partial charge in [0, 0.05) is 25.2 Å². The quantitative estimate of drug-likeness (QED) is 0.521. The van der Waals surface area contributed by atoms with Crippen LogP contribution in [0.1, 0.15) is 30.1 Å². The molecule has 2 rings (SSSR count). The molecule has 0 saturated carbocycles. The van der Waals surface area contributed by atoms with E-state index < -0.39 is 4.92 Å². The van der Waals surface area contributed by atoms with Crippen molar-refractivity contribution in [1.29, 1.82) is 0 Å². The largest absolute Gasteiger partial charge is 0.339 e. The highest BCUT2D eigenvalue weighted by molar-refractivity contribution is 6.32. The minimum absolute atomic E-state index is 0.0140. The van der Waals surface area contributed by atoms with Crippen LogP contribution < -0.4 is 5.73 Å². The minimum atomic E-state index is -0.595. The first-order valence-corrected chi connectivity index (χ1v) is 7.12. The van der Waals surface area contributed by atoms with E-state index in [1.165, 1.54) is 6.07 Å². The smallest absolute Gasteiger partial charge is 0.288 e. The Hall–Kier alpha value is -1.73. The molecular weight excluding hydrogens is 296 g/mol. The summed E-state index contributed by atoms with van der Waals surface area (Å²) >= 11 is 5.89. The van der Waals surface area contributed by atoms with Crippen molar-refractivity contribution < 1.29 is 9.72 Å². The zero-order chi connectivity index (χ0) is 15.6. The predicted molar refractivity (Wildman–Crippen MR) is 78.2 cm³/mol. The van der Waals surface area contributed by atoms with Crippen molar-refractivity contribution in [2.45, 2.75) is 25.8 Å². The van der Waals surface area contributed by atoms with Crippen LogP contribution in [0.5, 0.6) is 0 Å². The molecule has 0 aliphatic carbocycles. The van der Waals surface area contributed by atoms with Gasteiger partial charge in [-0.3, -0.25) is 14.9 Å². The van der Waals surface area contributed by atoms with E-state index in [0.717, 1.165) is 19.0 Å². The maximum Gasteiger partial charge on any atom is 0.288 e. The third-order valence-electron chi connectivity index (χ3n) is 3.84. The molecule has 1 aromatic rings. The molecule has 2 N–H and O–H groups in total. The third-order valence-corrected chi connectivity index (χ3v) is 4.14. The number of carbonyl (C=O) groups excluding carboxylic acids is 1. The summed E-state index contributed by atoms with van der Waals surface area (Å²) in [5, 5.41) is 10.8. The lowest BCUT2D eigenvalue weighted by molar-refractivity contribution is -0.385. The van der Waals surface area contributed by atoms with Gasteiger partial charge in [-0.1, -0.05) is 11.6 Å². The average molecular weight is 313 g/mol. The van der Waals surface area contributed by atoms with Crippen LogP contribution in [0.4, 0.5) is 5.69 Å². The minimum Gasteiger partial charge on any atom is -0.339 e. The second-order valence-electron chi connectivity index (χ2n) is 5.28. The average Bonchev–Trinajstić information content (AvgIpc) is 2.47. The molecule has 1 saturated heterocycles. The summed E-state index contributed by atoms with van der Waals surface area (Å²) in [6, 6.07) is 1.28. The fourth-order valence-corrected chi connectivity index (χ4v) is 2.67. The summed E-state index contributed by atoms with van der Waals surface area (Å²) in [6.45, 7) is 3.11. The predicted octanol–water partition coefficient (Wildman–Crippen LogP) is 1.84. The summed E-state index contributed by atoms with van der Waals surface area (Å²) < 4.78 is 0. The van der Waals surface area contributed by atoms with Crippen molar-refractivity contribution in [1.82, 2.24) is 9.88 Å². The molecule has 0 aromatic carbocycles. The molecule has 1 aliphatic rings. The van der Waals surface area contributed by atoms with Gasteiger partial charge in [0.05, 0.1) is 10.5 Å². The number of hydrogen-bond acceptors (Lipinski definition) is 5. The van der Waals surface area contributed by atoms with E-state index in [1.807, 2.05) is 6.92 Å². The van der Waals surface area contributed by atoms with Crippen LogP contribution in [-0.4, -0.2) is 39.8 Å². The molecule has 21 heavy (non-hydrogen) atoms. The molecule has 0 spiro atoms. The number of nitrogens with two attached hydrogens (primary N) is 1. The van der Waals surface area contributed by atoms with Crippen LogP contribution in [0.2, 0.25) is 5.15 Å². The van der Waals surface area contributed by atoms with Gasteiger partial charge in [0.1, 0.15) is 11.3 Å². The number of rotatable bonds is 3. The summed E-state index contributed by atoms with van der Waals surface area (Å²) in [5.74, 6) is 0.0760. The van der Waals surface area contributed by atoms with E-state index in [9.17, 15) is 14.9 Å². The van der Waals surface area contributed by atoms with Gasteiger partial charge in [0.25, 0.3) is 11.6 Å². The maximum absolute atomic E-state index is 12.4. The van der Waals surface area contributed by atoms with Crippen LogP contribution >= 0.6 is 11.6 Å². The van der Waals surface area contributed by atoms with Crippen molar-refractivity contribution >= 4 is 23.2 Å². The summed E-state index contributed by atoms with van der Waals surface area (Å²) in [6.07, 6.45) is 2.69. The molecule has 1 amide bonds. The normalized spacial score (nSPS) is 17.6. The summed E-state index contributed by atoms with van der Waals surface area (Å²) in [7, 11) is 0. The fourth-order valence-electron chi connectivity index (χ4n) is 2.49. The van der Waals surface area contributed by atoms with Gasteiger partial charge in [0.2, 0.25) is 0 Å². The number of nitro groups is 1. The first-order chi connectivity index (χ1) is 9.90. The topological polar surface area (TPSA) is 102 Å². The number of halogens is 1. The molecule has 1 unspecified atom stereocenters. The number of carbonyl (C=O) groups is 1. The van der Waals surface area contributed by atoms with Gasteiger partial charge in [-0.25, -0.2) is 4.98 Å². The molecule has 0 radical (unpaired) electrons. The van der Waals surface area contributed by atoms with Crippen LogP contribution in [0.3, 0.4) is 0 Å². The van der Waals surface area contributed by atoms with Gasteiger partial charge < -0.3 is 10.6 Å². The number of likely N-dealkylation sites (tertiary alicyclic amines) is 1. The summed E-state index contributed by atoms with van der Waals surface area (Å²) in [4.78, 5) is 27.9. The molecule has 1 aliphatic heterocycles. The standard InChI is InChI=1S/C13H17ClN4O3/c1-8(15)9-2-4-17(5-3-9)13(19)11-6-10(18(20)21)7-16-12(11)14/h6-9H,2-5,15H2,1H3. The molecule has 114 valence electrons. The van der Waals surface area contributed by atoms with Gasteiger partial charge in [-0.15, -0.1) is 0 Å². The highest BCUT2D eigenvalue weighted by Gasteiger charge is 2.27. The number of piperidine rings is 1. The highest BCUT2D eigenvalue weighted by Crippen LogP contribution is 2.24. The molecule has 0 bridgehead atoms. The Morgan fingerprint density at radius 1 is 1.57 bits per heavy atom. The summed E-state index contributed by atoms with van der Waals surface area (Å²) in [5.41, 5.74) is 5.70. The van der Waals surface area contributed by atoms with Crippen molar-refractivity contribution in [3.8, 4) is 0 Å². The van der Waals surface area contributed by atoms with E-state index in [0.29, 0.717) is 19.0 Å². The SMILES string of the molecule is CC(N)C1CCN(C(=O)c2cc([N+](=O)[O-])cnc2Cl)CC1. The molecular formula is C13H17ClN4O3. The zero-order valence-corrected chi connectivity index (χ0v) is 12.4. The van der Waals surface area contributed by atoms with Crippen molar-refractivity contribution in [3.63, 3.8) is 0 Å². The van der Waals surface area contributed by atoms with Crippen LogP contribution in [0, 0.1) is 16.0 Å². The third kappa shape index (κ3) is 3.48. The molecule has 8 heteroatoms. The van der Waals surface area contributed by atoms with E-state index in [1.54, 1.807) is 4.90 Å². The van der Waals surface area contributed by atoms with Gasteiger partial charge in [0.15, 0.2) is 0 Å². The number of nitrogens with zero attached hydrogens (tertiary/aromatic N) is 3. The molecule has 1 aromatic heterocycles. The van der Waals surface area contributed by atoms with E-state index in [2.05, 4.69) is 4.98 Å². The number of amides is 1. The van der Waals surface area contributed by atoms with Crippen molar-refractivity contribution in [2.24, 2.45) is 11.7 Å². The Morgan fingerprint density at radius 2 is 2.19 bits per heavy atom. The Labute approximate surface area is 127 Å². The number of hydrogen-bond donors (Lipinski definition) is 1. The first-order valence-electron chi connectivity index (χ1n) is 6.75. The van der Waals surface area contributed by atoms with Crippen LogP contribution in [0.25, 0.3) is 0 Å². The van der Waals surface area contributed by atoms with Crippen LogP contribution in [-0.2, 0) is 0 Å². The van der Waals surface area contributed by atoms with Gasteiger partial charge in [-0.2, -0.15) is 0 Å². The lowest BCUT2D eigenvalue weighted by Crippen LogP contribution is -2.42. The Morgan fingerprint density at radius 3 is 2.71 bits per heavy atom. The van der Waals surface area contributed by atoms with E-state index in [4.69, 9.17) is 17.3 Å². The lowest BCUT2D eigenvalue weighted by Gasteiger charge is -2.33. The maximum atomic E-state index is 12.4. The zero-order valence-electron chi connectivity index (χ0n) is 11.7. The van der Waals surface area contributed by atoms with Crippen molar-refractivity contribution in [2.75, 3.05) is 13.1 Å². The van der Waals surface area contributed by atoms with Crippen molar-refractivity contribution in [3.05, 3.63) is 33.1 Å². The van der Waals surface area contributed by atoms with Crippen LogP contribution in [0.15, 0.2) is 12.3 Å². The second-order valence-corrected chi connectivity index (χ2v) is 5.64. The second kappa shape index (κ2) is 6.36. The Kier molecular flexibility index (Phi) is 4.74. The molecule has 1 atom stereocenters. The first kappa shape index (κ1) is 15.7. The van der Waals surface area contributed by atoms with Gasteiger partial charge in [-0.05, 0) is 25.7 Å². The molecule has 2 heterocycles. The Balaban J connectivity index is 2.14. The lowest BCUT2D eigenvalue weighted by atomic mass is 9.91. The fraction of sp³-hybridized carbons (Fsp3) is 0.538. The number of aromatic nitrogens is 1. The Bertz CT molecular complexity index is 556. The van der Waals surface area contributed by atoms with Gasteiger partial charge >= 0.3 is 0 Å². The van der Waals surface area contributed by atoms with E-state index >= 15 is 0 Å². The van der Waals surface area contributed by atoms with E-state index in [-0.39, 0.29) is 28.4 Å². The number of pyridine rings is 1. The highest BCUT2D eigenvalue weighted by atomic mass is 35.5. The molecule has 7 nitrogen and oxygen atoms in total. The monoisotopic (exact) mass is 312 g/mol. The molecule has 1 fully saturated rings.